The number of ether oxygens (including phenoxy) is 2. The van der Waals surface area contributed by atoms with Crippen LogP contribution >= 0.6 is 0 Å². The maximum atomic E-state index is 14.0. The maximum absolute atomic E-state index is 14.0. The normalized spacial score (nSPS) is 14.9. The van der Waals surface area contributed by atoms with Gasteiger partial charge in [0.1, 0.15) is 17.7 Å². The lowest BCUT2D eigenvalue weighted by atomic mass is 9.93. The molecule has 2 aliphatic rings. The van der Waals surface area contributed by atoms with Gasteiger partial charge in [-0.25, -0.2) is 14.8 Å². The number of allylic oxidation sites excluding steroid dienone is 3. The minimum Gasteiger partial charge on any atom is -0.471 e. The van der Waals surface area contributed by atoms with Crippen LogP contribution in [0.25, 0.3) is 44.2 Å². The Labute approximate surface area is 363 Å². The molecule has 5 N–H and O–H groups in total. The van der Waals surface area contributed by atoms with E-state index in [1.54, 1.807) is 7.05 Å². The van der Waals surface area contributed by atoms with Gasteiger partial charge < -0.3 is 40.3 Å². The summed E-state index contributed by atoms with van der Waals surface area (Å²) in [7, 11) is 4.38. The Bertz CT molecular complexity index is 2320. The highest BCUT2D eigenvalue weighted by Crippen LogP contribution is 2.35. The summed E-state index contributed by atoms with van der Waals surface area (Å²) in [5, 5.41) is 10.8. The fourth-order valence-corrected chi connectivity index (χ4v) is 7.51. The molecule has 0 spiro atoms. The van der Waals surface area contributed by atoms with Crippen molar-refractivity contribution in [3.63, 3.8) is 0 Å². The molecule has 2 aromatic heterocycles. The Morgan fingerprint density at radius 1 is 0.984 bits per heavy atom. The van der Waals surface area contributed by atoms with Crippen LogP contribution < -0.4 is 16.0 Å². The Morgan fingerprint density at radius 2 is 1.69 bits per heavy atom. The zero-order chi connectivity index (χ0) is 44.3. The number of rotatable bonds is 16. The van der Waals surface area contributed by atoms with Crippen LogP contribution in [0.5, 0.6) is 0 Å². The number of alkyl carbamates (subject to hydrolysis) is 1. The number of aromatic nitrogens is 4. The molecule has 3 aromatic carbocycles. The first kappa shape index (κ1) is 46.5. The van der Waals surface area contributed by atoms with E-state index in [4.69, 9.17) is 14.5 Å². The summed E-state index contributed by atoms with van der Waals surface area (Å²) in [6.45, 7) is 7.65. The second kappa shape index (κ2) is 24.0. The number of nitrogens with zero attached hydrogens (tertiary/aromatic N) is 3. The standard InChI is InChI=1S/C41H46N8O4.C5H10.C2H4O2/c1-42-25-37(50)43-19-7-6-12-36-44-24-34(45-36)31-16-15-27-21-28(13-14-29(27)22-31)30-17-18-32-33(23-30)47-39(46-32)35-11-8-20-49(35)40(51)38(48-41(52)53-2)26-9-4-3-5-10-26;1-3-5-4-2;1-4-2-3/h4-5,9-10,13-18,21-24,26,35,38,42H,3,6-8,11-12,19-20,25H2,1-2H3,(H,43,50)(H,44,45)(H,46,47)(H,48,52);3H,1,4-5H2,2H3;2H,1H3. The minimum atomic E-state index is -0.765. The van der Waals surface area contributed by atoms with E-state index in [2.05, 4.69) is 97.7 Å². The zero-order valence-electron chi connectivity index (χ0n) is 36.2. The van der Waals surface area contributed by atoms with E-state index in [-0.39, 0.29) is 23.8 Å². The molecule has 328 valence electrons. The van der Waals surface area contributed by atoms with Crippen molar-refractivity contribution in [1.29, 1.82) is 0 Å². The number of amides is 3. The molecule has 14 heteroatoms. The molecule has 7 rings (SSSR count). The Kier molecular flexibility index (Phi) is 18.0. The molecule has 1 fully saturated rings. The van der Waals surface area contributed by atoms with Gasteiger partial charge in [-0.15, -0.1) is 6.58 Å². The van der Waals surface area contributed by atoms with Gasteiger partial charge in [-0.1, -0.05) is 74.1 Å². The summed E-state index contributed by atoms with van der Waals surface area (Å²) >= 11 is 0. The van der Waals surface area contributed by atoms with Gasteiger partial charge in [-0.2, -0.15) is 0 Å². The third kappa shape index (κ3) is 12.7. The molecule has 3 amide bonds. The van der Waals surface area contributed by atoms with Gasteiger partial charge in [0, 0.05) is 31.0 Å². The van der Waals surface area contributed by atoms with Crippen LogP contribution in [0.3, 0.4) is 0 Å². The average molecular weight is 845 g/mol. The molecule has 0 radical (unpaired) electrons. The topological polar surface area (TPSA) is 183 Å². The summed E-state index contributed by atoms with van der Waals surface area (Å²) in [6, 6.07) is 18.2. The Hall–Kier alpha value is -6.54. The SMILES string of the molecule is C=CCCC.CNCC(=O)NCCCCc1ncc(-c2ccc3cc(-c4ccc5nc(C6CCCN6C(=O)C(NC(=O)OC)C6C=CCC=C6)[nH]c5c4)ccc3c2)[nH]1.COC=O. The summed E-state index contributed by atoms with van der Waals surface area (Å²) in [4.78, 5) is 65.1. The molecule has 0 bridgehead atoms. The van der Waals surface area contributed by atoms with Crippen molar-refractivity contribution in [2.75, 3.05) is 40.9 Å². The second-order valence-electron chi connectivity index (χ2n) is 15.1. The molecule has 14 nitrogen and oxygen atoms in total. The van der Waals surface area contributed by atoms with E-state index in [9.17, 15) is 14.4 Å². The highest BCUT2D eigenvalue weighted by Gasteiger charge is 2.38. The number of benzene rings is 3. The second-order valence-corrected chi connectivity index (χ2v) is 15.1. The summed E-state index contributed by atoms with van der Waals surface area (Å²) in [6.07, 6.45) is 18.6. The van der Waals surface area contributed by atoms with Gasteiger partial charge in [0.05, 0.1) is 49.7 Å². The zero-order valence-corrected chi connectivity index (χ0v) is 36.2. The number of hydrogen-bond acceptors (Lipinski definition) is 9. The molecule has 1 aliphatic heterocycles. The molecule has 5 aromatic rings. The van der Waals surface area contributed by atoms with E-state index >= 15 is 0 Å². The molecular formula is C48H60N8O6. The Morgan fingerprint density at radius 3 is 2.37 bits per heavy atom. The molecule has 2 atom stereocenters. The number of H-pyrrole nitrogens is 2. The van der Waals surface area contributed by atoms with Gasteiger partial charge in [0.2, 0.25) is 11.8 Å². The summed E-state index contributed by atoms with van der Waals surface area (Å²) in [5.74, 6) is 1.30. The van der Waals surface area contributed by atoms with Gasteiger partial charge >= 0.3 is 6.09 Å². The number of aromatic amines is 2. The lowest BCUT2D eigenvalue weighted by Crippen LogP contribution is -2.51. The van der Waals surface area contributed by atoms with E-state index in [0.717, 1.165) is 101 Å². The lowest BCUT2D eigenvalue weighted by Gasteiger charge is -2.31. The van der Waals surface area contributed by atoms with Crippen LogP contribution in [0.4, 0.5) is 4.79 Å². The summed E-state index contributed by atoms with van der Waals surface area (Å²) < 4.78 is 8.72. The van der Waals surface area contributed by atoms with Crippen molar-refractivity contribution in [2.45, 2.75) is 70.4 Å². The fourth-order valence-electron chi connectivity index (χ4n) is 7.51. The quantitative estimate of drug-likeness (QED) is 0.0377. The minimum absolute atomic E-state index is 0.0129. The van der Waals surface area contributed by atoms with Crippen LogP contribution in [-0.2, 0) is 30.3 Å². The number of carbonyl (C=O) groups is 4. The molecule has 3 heterocycles. The third-order valence-corrected chi connectivity index (χ3v) is 10.7. The molecule has 1 aliphatic carbocycles. The first-order chi connectivity index (χ1) is 30.2. The van der Waals surface area contributed by atoms with Crippen molar-refractivity contribution in [2.24, 2.45) is 5.92 Å². The third-order valence-electron chi connectivity index (χ3n) is 10.7. The Balaban J connectivity index is 0.000000735. The van der Waals surface area contributed by atoms with Gasteiger partial charge in [-0.05, 0) is 91.7 Å². The number of fused-ring (bicyclic) bond motifs is 2. The number of imidazole rings is 2. The van der Waals surface area contributed by atoms with E-state index in [1.807, 2.05) is 47.5 Å². The molecule has 0 saturated carbocycles. The number of unbranched alkanes of at least 4 members (excludes halogenated alkanes) is 2. The first-order valence-corrected chi connectivity index (χ1v) is 21.3. The van der Waals surface area contributed by atoms with Crippen LogP contribution in [0.2, 0.25) is 0 Å². The molecule has 2 unspecified atom stereocenters. The van der Waals surface area contributed by atoms with Crippen molar-refractivity contribution in [3.05, 3.63) is 109 Å². The van der Waals surface area contributed by atoms with Crippen LogP contribution in [0, 0.1) is 5.92 Å². The van der Waals surface area contributed by atoms with E-state index in [0.29, 0.717) is 26.1 Å². The van der Waals surface area contributed by atoms with Crippen LogP contribution in [-0.4, -0.2) is 96.2 Å². The number of nitrogens with one attached hydrogen (secondary N) is 5. The number of methoxy groups -OCH3 is 2. The number of hydrogen-bond donors (Lipinski definition) is 5. The average Bonchev–Trinajstić information content (AvgIpc) is 4.09. The predicted octanol–water partition coefficient (Wildman–Crippen LogP) is 7.71. The molecular weight excluding hydrogens is 785 g/mol. The number of likely N-dealkylation sites (N-methyl/N-ethyl adjacent to an activating group) is 1. The van der Waals surface area contributed by atoms with Crippen molar-refractivity contribution < 1.29 is 28.7 Å². The monoisotopic (exact) mass is 844 g/mol. The maximum Gasteiger partial charge on any atom is 0.407 e. The molecule has 1 saturated heterocycles. The van der Waals surface area contributed by atoms with Crippen molar-refractivity contribution in [1.82, 2.24) is 40.8 Å². The largest absolute Gasteiger partial charge is 0.471 e. The number of carbonyl (C=O) groups excluding carboxylic acids is 4. The van der Waals surface area contributed by atoms with E-state index in [1.165, 1.54) is 20.6 Å². The number of likely N-dealkylation sites (tertiary alicyclic amines) is 1. The summed E-state index contributed by atoms with van der Waals surface area (Å²) in [5.41, 5.74) is 5.96. The van der Waals surface area contributed by atoms with Crippen LogP contribution in [0.15, 0.2) is 97.8 Å². The van der Waals surface area contributed by atoms with E-state index < -0.39 is 12.1 Å². The highest BCUT2D eigenvalue weighted by atomic mass is 16.5. The molecule has 62 heavy (non-hydrogen) atoms. The van der Waals surface area contributed by atoms with Crippen LogP contribution in [0.1, 0.15) is 69.6 Å². The highest BCUT2D eigenvalue weighted by molar-refractivity contribution is 5.92. The van der Waals surface area contributed by atoms with Crippen molar-refractivity contribution in [3.8, 4) is 22.4 Å². The van der Waals surface area contributed by atoms with Gasteiger partial charge in [0.15, 0.2) is 0 Å². The van der Waals surface area contributed by atoms with Gasteiger partial charge in [-0.3, -0.25) is 14.4 Å². The van der Waals surface area contributed by atoms with Gasteiger partial charge in [0.25, 0.3) is 6.47 Å². The first-order valence-electron chi connectivity index (χ1n) is 21.3. The lowest BCUT2D eigenvalue weighted by molar-refractivity contribution is -0.135. The smallest absolute Gasteiger partial charge is 0.407 e. The number of aryl methyl sites for hydroxylation is 1. The van der Waals surface area contributed by atoms with Crippen molar-refractivity contribution >= 4 is 46.2 Å². The fraction of sp³-hybridized carbons (Fsp3) is 0.375. The predicted molar refractivity (Wildman–Crippen MR) is 244 cm³/mol.